The first-order valence-electron chi connectivity index (χ1n) is 6.05. The van der Waals surface area contributed by atoms with Crippen LogP contribution in [0.1, 0.15) is 25.3 Å². The zero-order valence-corrected chi connectivity index (χ0v) is 12.7. The Kier molecular flexibility index (Phi) is 10.8. The quantitative estimate of drug-likeness (QED) is 0.325. The summed E-state index contributed by atoms with van der Waals surface area (Å²) in [7, 11) is 0. The van der Waals surface area contributed by atoms with E-state index < -0.39 is 5.97 Å². The Labute approximate surface area is 128 Å². The van der Waals surface area contributed by atoms with Crippen molar-refractivity contribution < 1.29 is 15.1 Å². The van der Waals surface area contributed by atoms with Crippen LogP contribution >= 0.6 is 23.2 Å². The summed E-state index contributed by atoms with van der Waals surface area (Å²) in [6, 6.07) is 4.90. The van der Waals surface area contributed by atoms with Crippen LogP contribution < -0.4 is 5.32 Å². The van der Waals surface area contributed by atoms with E-state index in [0.717, 1.165) is 19.4 Å². The van der Waals surface area contributed by atoms with Gasteiger partial charge in [-0.2, -0.15) is 0 Å². The second-order valence-corrected chi connectivity index (χ2v) is 4.74. The number of carboxylic acid groups (broad SMARTS) is 1. The van der Waals surface area contributed by atoms with Crippen LogP contribution in [0.3, 0.4) is 0 Å². The molecule has 0 amide bonds. The average Bonchev–Trinajstić information content (AvgIpc) is 2.34. The van der Waals surface area contributed by atoms with Gasteiger partial charge in [0.1, 0.15) is 0 Å². The number of hydrogen-bond donors (Lipinski definition) is 3. The highest BCUT2D eigenvalue weighted by molar-refractivity contribution is 6.35. The van der Waals surface area contributed by atoms with Gasteiger partial charge in [-0.15, -0.1) is 0 Å². The number of rotatable bonds is 6. The molecule has 3 N–H and O–H groups in total. The molecule has 0 saturated heterocycles. The maximum atomic E-state index is 9.90. The molecule has 0 saturated carbocycles. The molecule has 5 nitrogen and oxygen atoms in total. The van der Waals surface area contributed by atoms with Gasteiger partial charge >= 0.3 is 5.97 Å². The monoisotopic (exact) mass is 320 g/mol. The van der Waals surface area contributed by atoms with Gasteiger partial charge in [-0.3, -0.25) is 4.79 Å². The number of carboxylic acids is 1. The van der Waals surface area contributed by atoms with Crippen molar-refractivity contribution >= 4 is 35.4 Å². The van der Waals surface area contributed by atoms with Crippen molar-refractivity contribution in [3.05, 3.63) is 33.8 Å². The Morgan fingerprint density at radius 3 is 2.40 bits per heavy atom. The van der Waals surface area contributed by atoms with Gasteiger partial charge < -0.3 is 15.6 Å². The molecule has 0 fully saturated rings. The fourth-order valence-corrected chi connectivity index (χ4v) is 1.76. The number of unbranched alkanes of at least 4 members (excludes halogenated alkanes) is 1. The van der Waals surface area contributed by atoms with E-state index in [1.54, 1.807) is 18.2 Å². The smallest absolute Gasteiger partial charge is 0.317 e. The largest absolute Gasteiger partial charge is 0.480 e. The van der Waals surface area contributed by atoms with Gasteiger partial charge in [-0.05, 0) is 36.7 Å². The number of oxime groups is 1. The summed E-state index contributed by atoms with van der Waals surface area (Å²) < 4.78 is 0. The molecule has 1 rings (SSSR count). The third-order valence-corrected chi connectivity index (χ3v) is 2.51. The van der Waals surface area contributed by atoms with Crippen molar-refractivity contribution in [1.82, 2.24) is 5.32 Å². The SMILES string of the molecule is CCCCNCC(=O)O.ON=Cc1cc(Cl)cc(Cl)c1. The highest BCUT2D eigenvalue weighted by Gasteiger charge is 1.94. The standard InChI is InChI=1S/C7H5Cl2NO.C6H13NO2/c8-6-1-5(4-10-11)2-7(9)3-6;1-2-3-4-7-5-6(8)9/h1-4,11H;7H,2-5H2,1H3,(H,8,9). The van der Waals surface area contributed by atoms with Gasteiger partial charge in [-0.1, -0.05) is 41.7 Å². The van der Waals surface area contributed by atoms with Crippen molar-refractivity contribution in [2.24, 2.45) is 5.16 Å². The van der Waals surface area contributed by atoms with E-state index in [2.05, 4.69) is 17.4 Å². The molecule has 0 unspecified atom stereocenters. The molecule has 0 bridgehead atoms. The summed E-state index contributed by atoms with van der Waals surface area (Å²) in [4.78, 5) is 9.90. The van der Waals surface area contributed by atoms with E-state index in [0.29, 0.717) is 15.6 Å². The van der Waals surface area contributed by atoms with Crippen LogP contribution in [0.5, 0.6) is 0 Å². The summed E-state index contributed by atoms with van der Waals surface area (Å²) in [6.07, 6.45) is 3.41. The predicted molar refractivity (Wildman–Crippen MR) is 81.3 cm³/mol. The Morgan fingerprint density at radius 1 is 1.35 bits per heavy atom. The van der Waals surface area contributed by atoms with Gasteiger partial charge in [0.25, 0.3) is 0 Å². The molecule has 0 aliphatic rings. The molecule has 0 atom stereocenters. The molecule has 0 aliphatic heterocycles. The second-order valence-electron chi connectivity index (χ2n) is 3.87. The van der Waals surface area contributed by atoms with Crippen LogP contribution in [-0.4, -0.2) is 35.6 Å². The van der Waals surface area contributed by atoms with Crippen molar-refractivity contribution in [2.75, 3.05) is 13.1 Å². The van der Waals surface area contributed by atoms with E-state index in [-0.39, 0.29) is 6.54 Å². The minimum absolute atomic E-state index is 0.0833. The summed E-state index contributed by atoms with van der Waals surface area (Å²) in [6.45, 7) is 2.96. The van der Waals surface area contributed by atoms with Crippen LogP contribution in [-0.2, 0) is 4.79 Å². The van der Waals surface area contributed by atoms with E-state index in [9.17, 15) is 4.79 Å². The molecule has 0 aromatic heterocycles. The summed E-state index contributed by atoms with van der Waals surface area (Å²) in [5, 5.41) is 23.0. The molecule has 0 heterocycles. The number of halogens is 2. The lowest BCUT2D eigenvalue weighted by atomic mass is 10.2. The Bertz CT molecular complexity index is 419. The van der Waals surface area contributed by atoms with E-state index in [1.165, 1.54) is 6.21 Å². The Hall–Kier alpha value is -1.30. The molecule has 7 heteroatoms. The number of nitrogens with one attached hydrogen (secondary N) is 1. The van der Waals surface area contributed by atoms with Crippen molar-refractivity contribution in [3.63, 3.8) is 0 Å². The van der Waals surface area contributed by atoms with E-state index in [1.807, 2.05) is 0 Å². The Balaban J connectivity index is 0.000000370. The number of hydrogen-bond acceptors (Lipinski definition) is 4. The van der Waals surface area contributed by atoms with Gasteiger partial charge in [0.15, 0.2) is 0 Å². The van der Waals surface area contributed by atoms with Crippen LogP contribution in [0.15, 0.2) is 23.4 Å². The highest BCUT2D eigenvalue weighted by Crippen LogP contribution is 2.17. The summed E-state index contributed by atoms with van der Waals surface area (Å²) in [5.41, 5.74) is 0.671. The molecule has 0 aliphatic carbocycles. The number of aliphatic carboxylic acids is 1. The van der Waals surface area contributed by atoms with Gasteiger partial charge in [-0.25, -0.2) is 0 Å². The molecule has 0 spiro atoms. The first-order valence-corrected chi connectivity index (χ1v) is 6.81. The maximum Gasteiger partial charge on any atom is 0.317 e. The van der Waals surface area contributed by atoms with Crippen LogP contribution in [0.2, 0.25) is 10.0 Å². The van der Waals surface area contributed by atoms with Crippen molar-refractivity contribution in [2.45, 2.75) is 19.8 Å². The highest BCUT2D eigenvalue weighted by atomic mass is 35.5. The molecule has 1 aromatic carbocycles. The van der Waals surface area contributed by atoms with E-state index in [4.69, 9.17) is 33.5 Å². The van der Waals surface area contributed by atoms with Crippen LogP contribution in [0.4, 0.5) is 0 Å². The first-order chi connectivity index (χ1) is 9.49. The number of carbonyl (C=O) groups is 1. The fourth-order valence-electron chi connectivity index (χ4n) is 1.21. The maximum absolute atomic E-state index is 9.90. The van der Waals surface area contributed by atoms with Gasteiger partial charge in [0, 0.05) is 10.0 Å². The average molecular weight is 321 g/mol. The normalized spacial score (nSPS) is 10.2. The minimum Gasteiger partial charge on any atom is -0.480 e. The van der Waals surface area contributed by atoms with Crippen molar-refractivity contribution in [1.29, 1.82) is 0 Å². The molecular formula is C13H18Cl2N2O3. The molecule has 0 radical (unpaired) electrons. The summed E-state index contributed by atoms with van der Waals surface area (Å²) >= 11 is 11.3. The Morgan fingerprint density at radius 2 is 1.95 bits per heavy atom. The van der Waals surface area contributed by atoms with Crippen LogP contribution in [0, 0.1) is 0 Å². The second kappa shape index (κ2) is 11.5. The van der Waals surface area contributed by atoms with Gasteiger partial charge in [0.05, 0.1) is 12.8 Å². The predicted octanol–water partition coefficient (Wildman–Crippen LogP) is 3.26. The van der Waals surface area contributed by atoms with E-state index >= 15 is 0 Å². The van der Waals surface area contributed by atoms with Crippen molar-refractivity contribution in [3.8, 4) is 0 Å². The molecule has 1 aromatic rings. The van der Waals surface area contributed by atoms with Gasteiger partial charge in [0.2, 0.25) is 0 Å². The fraction of sp³-hybridized carbons (Fsp3) is 0.385. The lowest BCUT2D eigenvalue weighted by Gasteiger charge is -1.96. The lowest BCUT2D eigenvalue weighted by molar-refractivity contribution is -0.135. The number of nitrogens with zero attached hydrogens (tertiary/aromatic N) is 1. The number of benzene rings is 1. The lowest BCUT2D eigenvalue weighted by Crippen LogP contribution is -2.23. The molecular weight excluding hydrogens is 303 g/mol. The minimum atomic E-state index is -0.786. The van der Waals surface area contributed by atoms with Crippen LogP contribution in [0.25, 0.3) is 0 Å². The third kappa shape index (κ3) is 10.6. The topological polar surface area (TPSA) is 81.9 Å². The first kappa shape index (κ1) is 18.7. The third-order valence-electron chi connectivity index (χ3n) is 2.08. The summed E-state index contributed by atoms with van der Waals surface area (Å²) in [5.74, 6) is -0.786. The molecule has 20 heavy (non-hydrogen) atoms. The molecule has 112 valence electrons. The zero-order chi connectivity index (χ0) is 15.4. The zero-order valence-electron chi connectivity index (χ0n) is 11.1.